The van der Waals surface area contributed by atoms with E-state index in [1.165, 1.54) is 0 Å². The first kappa shape index (κ1) is 16.8. The fraction of sp³-hybridized carbons (Fsp3) is 0.263. The minimum absolute atomic E-state index is 0.245. The number of nitrogens with zero attached hydrogens (tertiary/aromatic N) is 3. The third-order valence-electron chi connectivity index (χ3n) is 3.87. The number of rotatable bonds is 4. The van der Waals surface area contributed by atoms with Crippen molar-refractivity contribution in [1.82, 2.24) is 15.1 Å². The molecule has 25 heavy (non-hydrogen) atoms. The molecule has 0 N–H and O–H groups in total. The monoisotopic (exact) mass is 337 g/mol. The molecule has 2 heterocycles. The number of ether oxygens (including phenoxy) is 1. The minimum atomic E-state index is -0.648. The average molecular weight is 337 g/mol. The van der Waals surface area contributed by atoms with Gasteiger partial charge in [-0.15, -0.1) is 0 Å². The summed E-state index contributed by atoms with van der Waals surface area (Å²) in [6, 6.07) is 7.54. The maximum Gasteiger partial charge on any atom is 0.339 e. The van der Waals surface area contributed by atoms with E-state index < -0.39 is 12.1 Å². The van der Waals surface area contributed by atoms with E-state index in [0.717, 1.165) is 22.3 Å². The number of hydrogen-bond acceptors (Lipinski definition) is 6. The van der Waals surface area contributed by atoms with E-state index in [1.807, 2.05) is 39.0 Å². The van der Waals surface area contributed by atoms with Crippen molar-refractivity contribution in [3.8, 4) is 11.4 Å². The maximum atomic E-state index is 12.5. The molecule has 0 spiro atoms. The highest BCUT2D eigenvalue weighted by atomic mass is 16.6. The lowest BCUT2D eigenvalue weighted by molar-refractivity contribution is 0.0264. The fourth-order valence-corrected chi connectivity index (χ4v) is 2.78. The van der Waals surface area contributed by atoms with Gasteiger partial charge in [-0.2, -0.15) is 4.98 Å². The second-order valence-corrected chi connectivity index (χ2v) is 6.02. The SMILES string of the molecule is Cc1cc(C)c(C(=O)O[C@@H](C)c2nc(-c3cccnc3)no2)c(C)c1. The third-order valence-corrected chi connectivity index (χ3v) is 3.87. The second-order valence-electron chi connectivity index (χ2n) is 6.02. The Morgan fingerprint density at radius 1 is 1.20 bits per heavy atom. The van der Waals surface area contributed by atoms with Crippen LogP contribution in [0.25, 0.3) is 11.4 Å². The highest BCUT2D eigenvalue weighted by molar-refractivity contribution is 5.92. The van der Waals surface area contributed by atoms with Gasteiger partial charge in [-0.05, 0) is 51.0 Å². The molecule has 128 valence electrons. The van der Waals surface area contributed by atoms with Crippen molar-refractivity contribution >= 4 is 5.97 Å². The number of carbonyl (C=O) groups is 1. The summed E-state index contributed by atoms with van der Waals surface area (Å²) in [4.78, 5) is 20.8. The molecule has 6 heteroatoms. The summed E-state index contributed by atoms with van der Waals surface area (Å²) < 4.78 is 10.8. The Morgan fingerprint density at radius 3 is 2.56 bits per heavy atom. The number of hydrogen-bond donors (Lipinski definition) is 0. The number of pyridine rings is 1. The standard InChI is InChI=1S/C19H19N3O3/c1-11-8-12(2)16(13(3)9-11)19(23)24-14(4)18-21-17(22-25-18)15-6-5-7-20-10-15/h5-10,14H,1-4H3/t14-/m0/s1. The minimum Gasteiger partial charge on any atom is -0.449 e. The third kappa shape index (κ3) is 3.57. The molecule has 0 unspecified atom stereocenters. The lowest BCUT2D eigenvalue weighted by Gasteiger charge is -2.13. The Morgan fingerprint density at radius 2 is 1.92 bits per heavy atom. The van der Waals surface area contributed by atoms with Crippen molar-refractivity contribution in [3.05, 3.63) is 64.8 Å². The Bertz CT molecular complexity index is 880. The van der Waals surface area contributed by atoms with Gasteiger partial charge in [-0.1, -0.05) is 22.9 Å². The normalized spacial score (nSPS) is 12.0. The molecule has 0 aliphatic rings. The van der Waals surface area contributed by atoms with Crippen LogP contribution in [-0.4, -0.2) is 21.1 Å². The van der Waals surface area contributed by atoms with Gasteiger partial charge in [0, 0.05) is 18.0 Å². The fourth-order valence-electron chi connectivity index (χ4n) is 2.78. The number of aromatic nitrogens is 3. The van der Waals surface area contributed by atoms with Gasteiger partial charge in [0.1, 0.15) is 0 Å². The van der Waals surface area contributed by atoms with Crippen LogP contribution >= 0.6 is 0 Å². The van der Waals surface area contributed by atoms with Gasteiger partial charge >= 0.3 is 5.97 Å². The topological polar surface area (TPSA) is 78.1 Å². The zero-order valence-corrected chi connectivity index (χ0v) is 14.6. The molecule has 0 saturated heterocycles. The first-order valence-electron chi connectivity index (χ1n) is 7.98. The van der Waals surface area contributed by atoms with Crippen LogP contribution < -0.4 is 0 Å². The molecule has 0 saturated carbocycles. The molecule has 2 aromatic heterocycles. The average Bonchev–Trinajstić information content (AvgIpc) is 3.04. The van der Waals surface area contributed by atoms with Crippen LogP contribution in [0.3, 0.4) is 0 Å². The van der Waals surface area contributed by atoms with Crippen molar-refractivity contribution in [2.45, 2.75) is 33.8 Å². The molecular formula is C19H19N3O3. The summed E-state index contributed by atoms with van der Waals surface area (Å²) >= 11 is 0. The highest BCUT2D eigenvalue weighted by Crippen LogP contribution is 2.23. The Balaban J connectivity index is 1.78. The van der Waals surface area contributed by atoms with Gasteiger partial charge in [0.25, 0.3) is 5.89 Å². The maximum absolute atomic E-state index is 12.5. The number of esters is 1. The van der Waals surface area contributed by atoms with Crippen molar-refractivity contribution in [1.29, 1.82) is 0 Å². The summed E-state index contributed by atoms with van der Waals surface area (Å²) in [6.07, 6.45) is 2.66. The van der Waals surface area contributed by atoms with E-state index in [4.69, 9.17) is 9.26 Å². The molecule has 1 aromatic carbocycles. The van der Waals surface area contributed by atoms with Gasteiger partial charge in [-0.25, -0.2) is 4.79 Å². The van der Waals surface area contributed by atoms with E-state index >= 15 is 0 Å². The highest BCUT2D eigenvalue weighted by Gasteiger charge is 2.22. The Kier molecular flexibility index (Phi) is 4.61. The van der Waals surface area contributed by atoms with Crippen LogP contribution in [0.4, 0.5) is 0 Å². The number of benzene rings is 1. The predicted octanol–water partition coefficient (Wildman–Crippen LogP) is 3.97. The lowest BCUT2D eigenvalue weighted by Crippen LogP contribution is -2.12. The van der Waals surface area contributed by atoms with E-state index in [-0.39, 0.29) is 5.89 Å². The summed E-state index contributed by atoms with van der Waals surface area (Å²) in [6.45, 7) is 7.50. The van der Waals surface area contributed by atoms with E-state index in [9.17, 15) is 4.79 Å². The van der Waals surface area contributed by atoms with E-state index in [1.54, 1.807) is 25.4 Å². The zero-order chi connectivity index (χ0) is 18.0. The summed E-state index contributed by atoms with van der Waals surface area (Å²) in [5.41, 5.74) is 4.19. The quantitative estimate of drug-likeness (QED) is 0.670. The summed E-state index contributed by atoms with van der Waals surface area (Å²) in [7, 11) is 0. The molecule has 0 bridgehead atoms. The van der Waals surface area contributed by atoms with Gasteiger partial charge in [-0.3, -0.25) is 4.98 Å². The molecule has 0 amide bonds. The summed E-state index contributed by atoms with van der Waals surface area (Å²) in [5, 5.41) is 3.92. The first-order valence-corrected chi connectivity index (χ1v) is 7.98. The summed E-state index contributed by atoms with van der Waals surface area (Å²) in [5.74, 6) is 0.256. The molecule has 3 rings (SSSR count). The van der Waals surface area contributed by atoms with E-state index in [2.05, 4.69) is 15.1 Å². The van der Waals surface area contributed by atoms with Gasteiger partial charge in [0.2, 0.25) is 5.82 Å². The predicted molar refractivity (Wildman–Crippen MR) is 92.0 cm³/mol. The molecule has 0 aliphatic carbocycles. The Labute approximate surface area is 145 Å². The van der Waals surface area contributed by atoms with Gasteiger partial charge < -0.3 is 9.26 Å². The Hall–Kier alpha value is -3.02. The molecule has 6 nitrogen and oxygen atoms in total. The van der Waals surface area contributed by atoms with Crippen molar-refractivity contribution in [3.63, 3.8) is 0 Å². The molecule has 0 aliphatic heterocycles. The second kappa shape index (κ2) is 6.84. The number of carbonyl (C=O) groups excluding carboxylic acids is 1. The smallest absolute Gasteiger partial charge is 0.339 e. The molecule has 0 radical (unpaired) electrons. The van der Waals surface area contributed by atoms with Crippen LogP contribution in [0, 0.1) is 20.8 Å². The van der Waals surface area contributed by atoms with Crippen LogP contribution in [0.2, 0.25) is 0 Å². The zero-order valence-electron chi connectivity index (χ0n) is 14.6. The molecule has 3 aromatic rings. The van der Waals surface area contributed by atoms with E-state index in [0.29, 0.717) is 11.4 Å². The molecular weight excluding hydrogens is 318 g/mol. The largest absolute Gasteiger partial charge is 0.449 e. The van der Waals surface area contributed by atoms with Gasteiger partial charge in [0.05, 0.1) is 5.56 Å². The molecule has 0 fully saturated rings. The van der Waals surface area contributed by atoms with Crippen LogP contribution in [-0.2, 0) is 4.74 Å². The van der Waals surface area contributed by atoms with Crippen molar-refractivity contribution in [2.24, 2.45) is 0 Å². The van der Waals surface area contributed by atoms with Crippen molar-refractivity contribution < 1.29 is 14.1 Å². The lowest BCUT2D eigenvalue weighted by atomic mass is 10.00. The van der Waals surface area contributed by atoms with Crippen LogP contribution in [0.5, 0.6) is 0 Å². The van der Waals surface area contributed by atoms with Crippen LogP contribution in [0.1, 0.15) is 46.0 Å². The van der Waals surface area contributed by atoms with Gasteiger partial charge in [0.15, 0.2) is 6.10 Å². The van der Waals surface area contributed by atoms with Crippen molar-refractivity contribution in [2.75, 3.05) is 0 Å². The first-order chi connectivity index (χ1) is 12.0. The number of aryl methyl sites for hydroxylation is 3. The van der Waals surface area contributed by atoms with Crippen LogP contribution in [0.15, 0.2) is 41.2 Å². The molecule has 1 atom stereocenters.